The van der Waals surface area contributed by atoms with E-state index in [1.807, 2.05) is 18.3 Å². The van der Waals surface area contributed by atoms with Gasteiger partial charge in [-0.15, -0.1) is 0 Å². The summed E-state index contributed by atoms with van der Waals surface area (Å²) in [6, 6.07) is 4.08. The number of piperazine rings is 1. The molecule has 0 spiro atoms. The topological polar surface area (TPSA) is 58.3 Å². The summed E-state index contributed by atoms with van der Waals surface area (Å²) in [5, 5.41) is 4.09. The number of pyridine rings is 1. The van der Waals surface area contributed by atoms with Gasteiger partial charge < -0.3 is 9.42 Å². The number of anilines is 1. The summed E-state index contributed by atoms with van der Waals surface area (Å²) in [5.41, 5.74) is -0.0757. The van der Waals surface area contributed by atoms with Gasteiger partial charge in [-0.05, 0) is 28.1 Å². The van der Waals surface area contributed by atoms with E-state index in [-0.39, 0.29) is 5.41 Å². The monoisotopic (exact) mass is 379 g/mol. The maximum absolute atomic E-state index is 5.38. The Morgan fingerprint density at radius 1 is 1.17 bits per heavy atom. The first-order valence-electron chi connectivity index (χ1n) is 7.84. The predicted octanol–water partition coefficient (Wildman–Crippen LogP) is 2.85. The number of hydrogen-bond acceptors (Lipinski definition) is 6. The molecule has 0 aliphatic carbocycles. The molecule has 0 bridgehead atoms. The fourth-order valence-electron chi connectivity index (χ4n) is 2.51. The van der Waals surface area contributed by atoms with Crippen LogP contribution in [0.5, 0.6) is 0 Å². The minimum absolute atomic E-state index is 0.0757. The summed E-state index contributed by atoms with van der Waals surface area (Å²) >= 11 is 3.42. The van der Waals surface area contributed by atoms with Gasteiger partial charge in [-0.1, -0.05) is 25.9 Å². The number of halogens is 1. The van der Waals surface area contributed by atoms with Crippen molar-refractivity contribution in [3.05, 3.63) is 34.5 Å². The van der Waals surface area contributed by atoms with E-state index in [2.05, 4.69) is 61.6 Å². The van der Waals surface area contributed by atoms with Gasteiger partial charge in [-0.3, -0.25) is 4.90 Å². The molecule has 0 saturated carbocycles. The van der Waals surface area contributed by atoms with Gasteiger partial charge >= 0.3 is 0 Å². The van der Waals surface area contributed by atoms with Crippen LogP contribution in [0.3, 0.4) is 0 Å². The van der Waals surface area contributed by atoms with Crippen molar-refractivity contribution in [2.45, 2.75) is 32.7 Å². The summed E-state index contributed by atoms with van der Waals surface area (Å²) in [5.74, 6) is 2.50. The summed E-state index contributed by atoms with van der Waals surface area (Å²) in [6.07, 6.45) is 1.84. The summed E-state index contributed by atoms with van der Waals surface area (Å²) < 4.78 is 6.39. The Balaban J connectivity index is 1.55. The molecule has 0 atom stereocenters. The van der Waals surface area contributed by atoms with Crippen molar-refractivity contribution in [3.63, 3.8) is 0 Å². The van der Waals surface area contributed by atoms with E-state index in [0.29, 0.717) is 12.4 Å². The van der Waals surface area contributed by atoms with Crippen molar-refractivity contribution in [1.82, 2.24) is 20.0 Å². The molecular formula is C16H22BrN5O. The highest BCUT2D eigenvalue weighted by molar-refractivity contribution is 9.10. The molecule has 23 heavy (non-hydrogen) atoms. The summed E-state index contributed by atoms with van der Waals surface area (Å²) in [4.78, 5) is 13.6. The average molecular weight is 380 g/mol. The zero-order chi connectivity index (χ0) is 16.4. The third kappa shape index (κ3) is 4.09. The first-order chi connectivity index (χ1) is 10.9. The highest BCUT2D eigenvalue weighted by atomic mass is 79.9. The quantitative estimate of drug-likeness (QED) is 0.816. The van der Waals surface area contributed by atoms with Crippen LogP contribution < -0.4 is 4.90 Å². The predicted molar refractivity (Wildman–Crippen MR) is 92.4 cm³/mol. The molecule has 7 heteroatoms. The van der Waals surface area contributed by atoms with Gasteiger partial charge in [0.1, 0.15) is 5.82 Å². The first-order valence-corrected chi connectivity index (χ1v) is 8.63. The highest BCUT2D eigenvalue weighted by Crippen LogP contribution is 2.20. The van der Waals surface area contributed by atoms with Gasteiger partial charge in [0.25, 0.3) is 0 Å². The normalized spacial score (nSPS) is 16.8. The molecule has 6 nitrogen and oxygen atoms in total. The standard InChI is InChI=1S/C16H22BrN5O/c1-16(2,3)15-19-14(23-20-15)11-21-6-8-22(9-7-21)13-5-4-12(17)10-18-13/h4-5,10H,6-9,11H2,1-3H3. The van der Waals surface area contributed by atoms with Crippen molar-refractivity contribution >= 4 is 21.7 Å². The van der Waals surface area contributed by atoms with Crippen molar-refractivity contribution in [3.8, 4) is 0 Å². The molecule has 2 aromatic heterocycles. The van der Waals surface area contributed by atoms with Gasteiger partial charge in [0.15, 0.2) is 5.82 Å². The number of hydrogen-bond donors (Lipinski definition) is 0. The second kappa shape index (κ2) is 6.57. The van der Waals surface area contributed by atoms with Crippen LogP contribution >= 0.6 is 15.9 Å². The van der Waals surface area contributed by atoms with Crippen molar-refractivity contribution in [2.75, 3.05) is 31.1 Å². The van der Waals surface area contributed by atoms with Gasteiger partial charge in [-0.25, -0.2) is 4.98 Å². The Morgan fingerprint density at radius 3 is 2.48 bits per heavy atom. The Hall–Kier alpha value is -1.47. The lowest BCUT2D eigenvalue weighted by atomic mass is 9.96. The lowest BCUT2D eigenvalue weighted by molar-refractivity contribution is 0.214. The zero-order valence-electron chi connectivity index (χ0n) is 13.8. The Kier molecular flexibility index (Phi) is 4.68. The highest BCUT2D eigenvalue weighted by Gasteiger charge is 2.23. The lowest BCUT2D eigenvalue weighted by Gasteiger charge is -2.34. The van der Waals surface area contributed by atoms with Gasteiger partial charge in [0.2, 0.25) is 5.89 Å². The van der Waals surface area contributed by atoms with Crippen LogP contribution in [0.4, 0.5) is 5.82 Å². The van der Waals surface area contributed by atoms with E-state index in [9.17, 15) is 0 Å². The fourth-order valence-corrected chi connectivity index (χ4v) is 2.74. The number of rotatable bonds is 3. The summed E-state index contributed by atoms with van der Waals surface area (Å²) in [6.45, 7) is 10.8. The third-order valence-corrected chi connectivity index (χ3v) is 4.37. The molecule has 1 fully saturated rings. The number of aromatic nitrogens is 3. The van der Waals surface area contributed by atoms with E-state index in [0.717, 1.165) is 42.3 Å². The van der Waals surface area contributed by atoms with Crippen LogP contribution in [-0.2, 0) is 12.0 Å². The van der Waals surface area contributed by atoms with Gasteiger partial charge in [0, 0.05) is 42.3 Å². The average Bonchev–Trinajstić information content (AvgIpc) is 2.98. The molecule has 1 aliphatic heterocycles. The van der Waals surface area contributed by atoms with Crippen LogP contribution in [0, 0.1) is 0 Å². The van der Waals surface area contributed by atoms with E-state index in [1.165, 1.54) is 0 Å². The first kappa shape index (κ1) is 16.4. The molecule has 0 amide bonds. The third-order valence-electron chi connectivity index (χ3n) is 3.91. The zero-order valence-corrected chi connectivity index (χ0v) is 15.4. The molecule has 0 radical (unpaired) electrons. The van der Waals surface area contributed by atoms with Crippen LogP contribution in [0.25, 0.3) is 0 Å². The Morgan fingerprint density at radius 2 is 1.91 bits per heavy atom. The maximum Gasteiger partial charge on any atom is 0.240 e. The van der Waals surface area contributed by atoms with Crippen LogP contribution in [0.1, 0.15) is 32.5 Å². The molecule has 1 aliphatic rings. The fraction of sp³-hybridized carbons (Fsp3) is 0.562. The Bertz CT molecular complexity index is 641. The molecule has 2 aromatic rings. The van der Waals surface area contributed by atoms with E-state index >= 15 is 0 Å². The summed E-state index contributed by atoms with van der Waals surface area (Å²) in [7, 11) is 0. The number of nitrogens with zero attached hydrogens (tertiary/aromatic N) is 5. The Labute approximate surface area is 145 Å². The van der Waals surface area contributed by atoms with Gasteiger partial charge in [0.05, 0.1) is 6.54 Å². The van der Waals surface area contributed by atoms with Crippen LogP contribution in [-0.4, -0.2) is 46.2 Å². The second-order valence-corrected chi connectivity index (χ2v) is 7.78. The maximum atomic E-state index is 5.38. The molecule has 0 aromatic carbocycles. The van der Waals surface area contributed by atoms with Crippen LogP contribution in [0.2, 0.25) is 0 Å². The van der Waals surface area contributed by atoms with Crippen LogP contribution in [0.15, 0.2) is 27.3 Å². The minimum Gasteiger partial charge on any atom is -0.354 e. The molecule has 0 N–H and O–H groups in total. The van der Waals surface area contributed by atoms with Crippen molar-refractivity contribution in [2.24, 2.45) is 0 Å². The molecule has 3 heterocycles. The molecule has 124 valence electrons. The van der Waals surface area contributed by atoms with Crippen molar-refractivity contribution in [1.29, 1.82) is 0 Å². The van der Waals surface area contributed by atoms with Gasteiger partial charge in [-0.2, -0.15) is 4.98 Å². The van der Waals surface area contributed by atoms with E-state index < -0.39 is 0 Å². The smallest absolute Gasteiger partial charge is 0.240 e. The van der Waals surface area contributed by atoms with E-state index in [1.54, 1.807) is 0 Å². The van der Waals surface area contributed by atoms with Crippen molar-refractivity contribution < 1.29 is 4.52 Å². The van der Waals surface area contributed by atoms with E-state index in [4.69, 9.17) is 4.52 Å². The molecule has 0 unspecified atom stereocenters. The minimum atomic E-state index is -0.0757. The lowest BCUT2D eigenvalue weighted by Crippen LogP contribution is -2.46. The SMILES string of the molecule is CC(C)(C)c1noc(CN2CCN(c3ccc(Br)cn3)CC2)n1. The second-order valence-electron chi connectivity index (χ2n) is 6.86. The molecule has 1 saturated heterocycles. The largest absolute Gasteiger partial charge is 0.354 e. The molecular weight excluding hydrogens is 358 g/mol. The molecule has 3 rings (SSSR count).